The van der Waals surface area contributed by atoms with Gasteiger partial charge in [-0.2, -0.15) is 0 Å². The zero-order valence-corrected chi connectivity index (χ0v) is 11.5. The molecule has 0 saturated carbocycles. The summed E-state index contributed by atoms with van der Waals surface area (Å²) < 4.78 is 0. The van der Waals surface area contributed by atoms with Gasteiger partial charge in [-0.15, -0.1) is 0 Å². The molecule has 0 aromatic heterocycles. The largest absolute Gasteiger partial charge is 0.338 e. The van der Waals surface area contributed by atoms with Gasteiger partial charge >= 0.3 is 0 Å². The molecule has 0 spiro atoms. The second-order valence-corrected chi connectivity index (χ2v) is 5.42. The van der Waals surface area contributed by atoms with Crippen molar-refractivity contribution in [1.29, 1.82) is 0 Å². The number of carbonyl (C=O) groups is 1. The van der Waals surface area contributed by atoms with E-state index in [1.165, 1.54) is 11.1 Å². The predicted molar refractivity (Wildman–Crippen MR) is 80.1 cm³/mol. The van der Waals surface area contributed by atoms with Crippen LogP contribution in [0.25, 0.3) is 0 Å². The molecular weight excluding hydrogens is 246 g/mol. The van der Waals surface area contributed by atoms with E-state index in [0.717, 1.165) is 25.9 Å². The molecule has 1 heterocycles. The molecule has 2 aromatic rings. The Hall–Kier alpha value is -2.09. The van der Waals surface area contributed by atoms with Gasteiger partial charge in [0.15, 0.2) is 0 Å². The van der Waals surface area contributed by atoms with Crippen molar-refractivity contribution in [2.45, 2.75) is 19.4 Å². The van der Waals surface area contributed by atoms with Crippen LogP contribution in [0.5, 0.6) is 0 Å². The van der Waals surface area contributed by atoms with Crippen LogP contribution in [0.15, 0.2) is 60.7 Å². The lowest BCUT2D eigenvalue weighted by Gasteiger charge is -2.16. The average molecular weight is 265 g/mol. The Morgan fingerprint density at radius 1 is 0.900 bits per heavy atom. The van der Waals surface area contributed by atoms with Crippen molar-refractivity contribution in [3.05, 3.63) is 71.8 Å². The zero-order valence-electron chi connectivity index (χ0n) is 11.5. The monoisotopic (exact) mass is 265 g/mol. The molecule has 2 heteroatoms. The summed E-state index contributed by atoms with van der Waals surface area (Å²) in [5.41, 5.74) is 2.47. The molecule has 2 aromatic carbocycles. The first-order valence-corrected chi connectivity index (χ1v) is 7.19. The van der Waals surface area contributed by atoms with Crippen LogP contribution in [0, 0.1) is 5.92 Å². The number of hydrogen-bond acceptors (Lipinski definition) is 1. The summed E-state index contributed by atoms with van der Waals surface area (Å²) in [5, 5.41) is 0. The van der Waals surface area contributed by atoms with Crippen LogP contribution in [-0.4, -0.2) is 17.4 Å². The van der Waals surface area contributed by atoms with Gasteiger partial charge < -0.3 is 4.90 Å². The number of carbonyl (C=O) groups excluding carboxylic acids is 1. The highest BCUT2D eigenvalue weighted by Gasteiger charge is 2.31. The van der Waals surface area contributed by atoms with Crippen molar-refractivity contribution in [3.63, 3.8) is 0 Å². The van der Waals surface area contributed by atoms with E-state index in [9.17, 15) is 4.79 Å². The van der Waals surface area contributed by atoms with Crippen molar-refractivity contribution in [1.82, 2.24) is 4.90 Å². The maximum Gasteiger partial charge on any atom is 0.226 e. The van der Waals surface area contributed by atoms with Gasteiger partial charge in [-0.25, -0.2) is 0 Å². The molecule has 0 radical (unpaired) electrons. The summed E-state index contributed by atoms with van der Waals surface area (Å²) in [7, 11) is 0. The van der Waals surface area contributed by atoms with E-state index in [0.29, 0.717) is 5.91 Å². The van der Waals surface area contributed by atoms with Gasteiger partial charge in [-0.3, -0.25) is 4.79 Å². The van der Waals surface area contributed by atoms with Crippen LogP contribution in [0.4, 0.5) is 0 Å². The van der Waals surface area contributed by atoms with Crippen molar-refractivity contribution in [3.8, 4) is 0 Å². The predicted octanol–water partition coefficient (Wildman–Crippen LogP) is 3.28. The fourth-order valence-electron chi connectivity index (χ4n) is 2.85. The van der Waals surface area contributed by atoms with Crippen molar-refractivity contribution < 1.29 is 4.79 Å². The lowest BCUT2D eigenvalue weighted by Crippen LogP contribution is -2.27. The Balaban J connectivity index is 1.62. The normalized spacial score (nSPS) is 18.5. The van der Waals surface area contributed by atoms with Crippen LogP contribution < -0.4 is 0 Å². The van der Waals surface area contributed by atoms with Gasteiger partial charge in [-0.1, -0.05) is 60.7 Å². The minimum Gasteiger partial charge on any atom is -0.338 e. The smallest absolute Gasteiger partial charge is 0.226 e. The Morgan fingerprint density at radius 3 is 2.15 bits per heavy atom. The minimum atomic E-state index is 0.154. The Labute approximate surface area is 120 Å². The Kier molecular flexibility index (Phi) is 3.82. The second-order valence-electron chi connectivity index (χ2n) is 5.42. The molecular formula is C18H19NO. The molecule has 2 nitrogen and oxygen atoms in total. The summed E-state index contributed by atoms with van der Waals surface area (Å²) in [5.74, 6) is 0.457. The summed E-state index contributed by atoms with van der Waals surface area (Å²) in [6.45, 7) is 1.62. The summed E-state index contributed by atoms with van der Waals surface area (Å²) in [6.07, 6.45) is 1.84. The van der Waals surface area contributed by atoms with Crippen LogP contribution in [-0.2, 0) is 17.8 Å². The van der Waals surface area contributed by atoms with Crippen LogP contribution >= 0.6 is 0 Å². The third-order valence-corrected chi connectivity index (χ3v) is 3.95. The fourth-order valence-corrected chi connectivity index (χ4v) is 2.85. The highest BCUT2D eigenvalue weighted by atomic mass is 16.2. The molecule has 1 fully saturated rings. The maximum absolute atomic E-state index is 12.4. The molecule has 102 valence electrons. The topological polar surface area (TPSA) is 20.3 Å². The average Bonchev–Trinajstić information content (AvgIpc) is 2.83. The van der Waals surface area contributed by atoms with E-state index in [1.54, 1.807) is 0 Å². The van der Waals surface area contributed by atoms with Crippen LogP contribution in [0.2, 0.25) is 0 Å². The van der Waals surface area contributed by atoms with Gasteiger partial charge in [0.25, 0.3) is 0 Å². The summed E-state index contributed by atoms with van der Waals surface area (Å²) in [4.78, 5) is 14.4. The lowest BCUT2D eigenvalue weighted by atomic mass is 9.98. The Morgan fingerprint density at radius 2 is 1.50 bits per heavy atom. The van der Waals surface area contributed by atoms with E-state index in [2.05, 4.69) is 24.3 Å². The van der Waals surface area contributed by atoms with Gasteiger partial charge in [0.2, 0.25) is 5.91 Å². The number of rotatable bonds is 4. The van der Waals surface area contributed by atoms with Crippen molar-refractivity contribution in [2.24, 2.45) is 5.92 Å². The first-order valence-electron chi connectivity index (χ1n) is 7.19. The molecule has 0 N–H and O–H groups in total. The molecule has 1 saturated heterocycles. The molecule has 1 aliphatic rings. The van der Waals surface area contributed by atoms with Crippen molar-refractivity contribution in [2.75, 3.05) is 6.54 Å². The number of amides is 1. The standard InChI is InChI=1S/C18H19NO/c20-18-17(13-15-7-3-1-4-8-15)11-12-19(18)14-16-9-5-2-6-10-16/h1-10,17H,11-14H2. The van der Waals surface area contributed by atoms with Gasteiger partial charge in [0.1, 0.15) is 0 Å². The van der Waals surface area contributed by atoms with Gasteiger partial charge in [0.05, 0.1) is 0 Å². The number of nitrogens with zero attached hydrogens (tertiary/aromatic N) is 1. The Bertz CT molecular complexity index is 513. The van der Waals surface area contributed by atoms with E-state index < -0.39 is 0 Å². The molecule has 3 rings (SSSR count). The van der Waals surface area contributed by atoms with E-state index in [4.69, 9.17) is 0 Å². The number of benzene rings is 2. The van der Waals surface area contributed by atoms with Gasteiger partial charge in [0, 0.05) is 19.0 Å². The van der Waals surface area contributed by atoms with E-state index in [1.807, 2.05) is 41.3 Å². The molecule has 20 heavy (non-hydrogen) atoms. The first kappa shape index (κ1) is 12.9. The van der Waals surface area contributed by atoms with Crippen LogP contribution in [0.3, 0.4) is 0 Å². The maximum atomic E-state index is 12.4. The molecule has 1 amide bonds. The summed E-state index contributed by atoms with van der Waals surface area (Å²) >= 11 is 0. The molecule has 1 atom stereocenters. The van der Waals surface area contributed by atoms with Crippen molar-refractivity contribution >= 4 is 5.91 Å². The van der Waals surface area contributed by atoms with Gasteiger partial charge in [-0.05, 0) is 24.0 Å². The minimum absolute atomic E-state index is 0.154. The SMILES string of the molecule is O=C1C(Cc2ccccc2)CCN1Cc1ccccc1. The van der Waals surface area contributed by atoms with E-state index >= 15 is 0 Å². The molecule has 0 bridgehead atoms. The first-order chi connectivity index (χ1) is 9.83. The molecule has 1 unspecified atom stereocenters. The van der Waals surface area contributed by atoms with E-state index in [-0.39, 0.29) is 5.92 Å². The number of likely N-dealkylation sites (tertiary alicyclic amines) is 1. The highest BCUT2D eigenvalue weighted by Crippen LogP contribution is 2.23. The lowest BCUT2D eigenvalue weighted by molar-refractivity contribution is -0.131. The second kappa shape index (κ2) is 5.91. The quantitative estimate of drug-likeness (QED) is 0.830. The molecule has 0 aliphatic carbocycles. The van der Waals surface area contributed by atoms with Crippen LogP contribution in [0.1, 0.15) is 17.5 Å². The third kappa shape index (κ3) is 2.90. The molecule has 1 aliphatic heterocycles. The summed E-state index contributed by atoms with van der Waals surface area (Å²) in [6, 6.07) is 20.5. The zero-order chi connectivity index (χ0) is 13.8. The fraction of sp³-hybridized carbons (Fsp3) is 0.278. The third-order valence-electron chi connectivity index (χ3n) is 3.95. The number of hydrogen-bond donors (Lipinski definition) is 0. The highest BCUT2D eigenvalue weighted by molar-refractivity contribution is 5.81.